The first-order valence-electron chi connectivity index (χ1n) is 4.11. The summed E-state index contributed by atoms with van der Waals surface area (Å²) in [6.45, 7) is 0.163. The van der Waals surface area contributed by atoms with Crippen molar-refractivity contribution in [3.05, 3.63) is 27.5 Å². The number of nitrogens with zero attached hydrogens (tertiary/aromatic N) is 1. The maximum absolute atomic E-state index is 9.21. The summed E-state index contributed by atoms with van der Waals surface area (Å²) in [5.74, 6) is 0. The summed E-state index contributed by atoms with van der Waals surface area (Å²) in [6, 6.07) is 3.79. The van der Waals surface area contributed by atoms with Crippen LogP contribution in [0.5, 0.6) is 0 Å². The molecule has 2 rings (SSSR count). The lowest BCUT2D eigenvalue weighted by atomic mass is 9.99. The van der Waals surface area contributed by atoms with Crippen LogP contribution in [0.1, 0.15) is 18.4 Å². The van der Waals surface area contributed by atoms with Gasteiger partial charge in [0.2, 0.25) is 0 Å². The predicted molar refractivity (Wildman–Crippen MR) is 54.9 cm³/mol. The normalized spacial score (nSPS) is 18.7. The van der Waals surface area contributed by atoms with Gasteiger partial charge in [-0.15, -0.1) is 0 Å². The summed E-state index contributed by atoms with van der Waals surface area (Å²) in [4.78, 5) is 4.10. The number of rotatable bonds is 2. The lowest BCUT2D eigenvalue weighted by molar-refractivity contribution is 0.255. The third-order valence-corrected chi connectivity index (χ3v) is 3.27. The van der Waals surface area contributed by atoms with Crippen LogP contribution in [0.25, 0.3) is 0 Å². The molecule has 1 aliphatic carbocycles. The van der Waals surface area contributed by atoms with Gasteiger partial charge in [-0.2, -0.15) is 0 Å². The Morgan fingerprint density at radius 1 is 1.54 bits per heavy atom. The second-order valence-electron chi connectivity index (χ2n) is 3.41. The van der Waals surface area contributed by atoms with Gasteiger partial charge in [-0.3, -0.25) is 0 Å². The van der Waals surface area contributed by atoms with Crippen molar-refractivity contribution < 1.29 is 5.11 Å². The number of hydrogen-bond donors (Lipinski definition) is 1. The fourth-order valence-electron chi connectivity index (χ4n) is 1.47. The van der Waals surface area contributed by atoms with Gasteiger partial charge in [-0.05, 0) is 40.4 Å². The third kappa shape index (κ3) is 1.60. The molecule has 0 unspecified atom stereocenters. The maximum Gasteiger partial charge on any atom is 0.134 e. The molecule has 1 aromatic heterocycles. The summed E-state index contributed by atoms with van der Waals surface area (Å²) in [5.41, 5.74) is 0.880. The topological polar surface area (TPSA) is 33.1 Å². The number of aliphatic hydroxyl groups excluding tert-OH is 1. The van der Waals surface area contributed by atoms with Gasteiger partial charge in [0, 0.05) is 5.41 Å². The maximum atomic E-state index is 9.21. The van der Waals surface area contributed by atoms with E-state index in [1.807, 2.05) is 12.1 Å². The van der Waals surface area contributed by atoms with E-state index in [9.17, 15) is 5.11 Å². The molecule has 70 valence electrons. The Kier molecular flexibility index (Phi) is 2.34. The smallest absolute Gasteiger partial charge is 0.134 e. The minimum Gasteiger partial charge on any atom is -0.395 e. The summed E-state index contributed by atoms with van der Waals surface area (Å²) in [6.07, 6.45) is 2.01. The second-order valence-corrected chi connectivity index (χ2v) is 4.58. The molecule has 1 aliphatic rings. The molecule has 2 nitrogen and oxygen atoms in total. The van der Waals surface area contributed by atoms with Crippen molar-refractivity contribution in [2.75, 3.05) is 6.61 Å². The summed E-state index contributed by atoms with van der Waals surface area (Å²) in [5, 5.41) is 9.71. The summed E-state index contributed by atoms with van der Waals surface area (Å²) < 4.78 is 0.731. The van der Waals surface area contributed by atoms with Gasteiger partial charge in [0.25, 0.3) is 0 Å². The Labute approximate surface area is 90.1 Å². The summed E-state index contributed by atoms with van der Waals surface area (Å²) in [7, 11) is 0. The average molecular weight is 263 g/mol. The molecule has 0 atom stereocenters. The fourth-order valence-corrected chi connectivity index (χ4v) is 2.24. The van der Waals surface area contributed by atoms with E-state index in [1.54, 1.807) is 0 Å². The van der Waals surface area contributed by atoms with Crippen molar-refractivity contribution >= 4 is 27.5 Å². The summed E-state index contributed by atoms with van der Waals surface area (Å²) >= 11 is 9.23. The first-order chi connectivity index (χ1) is 6.18. The molecule has 1 fully saturated rings. The molecule has 1 saturated carbocycles. The molecule has 13 heavy (non-hydrogen) atoms. The van der Waals surface area contributed by atoms with Gasteiger partial charge in [0.05, 0.1) is 6.61 Å². The van der Waals surface area contributed by atoms with Crippen LogP contribution in [0.4, 0.5) is 0 Å². The Hall–Kier alpha value is -0.120. The van der Waals surface area contributed by atoms with Gasteiger partial charge in [0.1, 0.15) is 9.76 Å². The first-order valence-corrected chi connectivity index (χ1v) is 5.28. The zero-order valence-corrected chi connectivity index (χ0v) is 9.27. The quantitative estimate of drug-likeness (QED) is 0.831. The first kappa shape index (κ1) is 9.44. The molecule has 0 aliphatic heterocycles. The van der Waals surface area contributed by atoms with Gasteiger partial charge >= 0.3 is 0 Å². The molecular formula is C9H9BrClNO. The van der Waals surface area contributed by atoms with E-state index < -0.39 is 0 Å². The van der Waals surface area contributed by atoms with Crippen molar-refractivity contribution in [2.24, 2.45) is 0 Å². The Bertz CT molecular complexity index is 338. The molecule has 0 radical (unpaired) electrons. The van der Waals surface area contributed by atoms with Crippen LogP contribution in [0.3, 0.4) is 0 Å². The molecule has 0 bridgehead atoms. The van der Waals surface area contributed by atoms with E-state index in [4.69, 9.17) is 11.6 Å². The lowest BCUT2D eigenvalue weighted by Crippen LogP contribution is -2.12. The monoisotopic (exact) mass is 261 g/mol. The predicted octanol–water partition coefficient (Wildman–Crippen LogP) is 2.52. The van der Waals surface area contributed by atoms with Gasteiger partial charge < -0.3 is 5.11 Å². The van der Waals surface area contributed by atoms with Crippen LogP contribution >= 0.6 is 27.5 Å². The molecular weight excluding hydrogens is 253 g/mol. The minimum absolute atomic E-state index is 0.0925. The molecule has 0 saturated heterocycles. The zero-order valence-electron chi connectivity index (χ0n) is 6.93. The second kappa shape index (κ2) is 3.23. The van der Waals surface area contributed by atoms with Gasteiger partial charge in [0.15, 0.2) is 0 Å². The van der Waals surface area contributed by atoms with Crippen molar-refractivity contribution in [1.29, 1.82) is 0 Å². The van der Waals surface area contributed by atoms with Gasteiger partial charge in [-0.1, -0.05) is 17.7 Å². The highest BCUT2D eigenvalue weighted by Gasteiger charge is 2.45. The molecule has 4 heteroatoms. The standard InChI is InChI=1S/C9H9BrClNO/c10-7-2-1-6(8(11)12-7)9(5-13)3-4-9/h1-2,13H,3-5H2. The Morgan fingerprint density at radius 2 is 2.23 bits per heavy atom. The number of aliphatic hydroxyl groups is 1. The van der Waals surface area contributed by atoms with Crippen LogP contribution in [0.2, 0.25) is 5.15 Å². The highest BCUT2D eigenvalue weighted by molar-refractivity contribution is 9.10. The number of halogens is 2. The van der Waals surface area contributed by atoms with E-state index in [0.29, 0.717) is 5.15 Å². The highest BCUT2D eigenvalue weighted by Crippen LogP contribution is 2.49. The highest BCUT2D eigenvalue weighted by atomic mass is 79.9. The SMILES string of the molecule is OCC1(c2ccc(Br)nc2Cl)CC1. The molecule has 1 aromatic rings. The Morgan fingerprint density at radius 3 is 2.69 bits per heavy atom. The van der Waals surface area contributed by atoms with Crippen molar-refractivity contribution in [2.45, 2.75) is 18.3 Å². The van der Waals surface area contributed by atoms with Crippen LogP contribution in [-0.4, -0.2) is 16.7 Å². The van der Waals surface area contributed by atoms with Crippen molar-refractivity contribution in [1.82, 2.24) is 4.98 Å². The minimum atomic E-state index is -0.0925. The number of aromatic nitrogens is 1. The fraction of sp³-hybridized carbons (Fsp3) is 0.444. The molecule has 1 heterocycles. The largest absolute Gasteiger partial charge is 0.395 e. The van der Waals surface area contributed by atoms with Crippen LogP contribution in [0, 0.1) is 0 Å². The van der Waals surface area contributed by atoms with E-state index in [2.05, 4.69) is 20.9 Å². The van der Waals surface area contributed by atoms with E-state index in [1.165, 1.54) is 0 Å². The van der Waals surface area contributed by atoms with Crippen LogP contribution in [-0.2, 0) is 5.41 Å². The third-order valence-electron chi connectivity index (χ3n) is 2.54. The molecule has 1 N–H and O–H groups in total. The number of pyridine rings is 1. The van der Waals surface area contributed by atoms with Gasteiger partial charge in [-0.25, -0.2) is 4.98 Å². The van der Waals surface area contributed by atoms with Crippen LogP contribution < -0.4 is 0 Å². The molecule has 0 amide bonds. The Balaban J connectivity index is 2.41. The van der Waals surface area contributed by atoms with Crippen LogP contribution in [0.15, 0.2) is 16.7 Å². The van der Waals surface area contributed by atoms with Crippen molar-refractivity contribution in [3.63, 3.8) is 0 Å². The molecule has 0 spiro atoms. The van der Waals surface area contributed by atoms with E-state index >= 15 is 0 Å². The lowest BCUT2D eigenvalue weighted by Gasteiger charge is -2.12. The average Bonchev–Trinajstić information content (AvgIpc) is 2.85. The zero-order chi connectivity index (χ0) is 9.47. The van der Waals surface area contributed by atoms with E-state index in [0.717, 1.165) is 23.0 Å². The van der Waals surface area contributed by atoms with E-state index in [-0.39, 0.29) is 12.0 Å². The number of hydrogen-bond acceptors (Lipinski definition) is 2. The van der Waals surface area contributed by atoms with Crippen molar-refractivity contribution in [3.8, 4) is 0 Å². The molecule has 0 aromatic carbocycles.